The van der Waals surface area contributed by atoms with Gasteiger partial charge in [0.15, 0.2) is 0 Å². The van der Waals surface area contributed by atoms with Crippen LogP contribution in [0.3, 0.4) is 0 Å². The van der Waals surface area contributed by atoms with E-state index in [4.69, 9.17) is 0 Å². The van der Waals surface area contributed by atoms with Crippen LogP contribution in [0.1, 0.15) is 24.4 Å². The molecule has 0 saturated carbocycles. The molecule has 2 heterocycles. The summed E-state index contributed by atoms with van der Waals surface area (Å²) in [4.78, 5) is 4.05. The third-order valence-electron chi connectivity index (χ3n) is 2.81. The Hall–Kier alpha value is -0.930. The molecule has 1 fully saturated rings. The summed E-state index contributed by atoms with van der Waals surface area (Å²) < 4.78 is -0.133. The molecule has 2 atom stereocenters. The van der Waals surface area contributed by atoms with Crippen LogP contribution >= 0.6 is 0 Å². The van der Waals surface area contributed by atoms with Crippen LogP contribution in [0, 0.1) is 5.21 Å². The monoisotopic (exact) mass is 178 g/mol. The summed E-state index contributed by atoms with van der Waals surface area (Å²) in [7, 11) is 1.75. The van der Waals surface area contributed by atoms with Gasteiger partial charge in [0.2, 0.25) is 0 Å². The minimum Gasteiger partial charge on any atom is -0.633 e. The highest BCUT2D eigenvalue weighted by Crippen LogP contribution is 2.35. The summed E-state index contributed by atoms with van der Waals surface area (Å²) in [6, 6.07) is 4.00. The second-order valence-electron chi connectivity index (χ2n) is 3.84. The van der Waals surface area contributed by atoms with Crippen molar-refractivity contribution < 1.29 is 4.65 Å². The average molecular weight is 178 g/mol. The van der Waals surface area contributed by atoms with E-state index in [2.05, 4.69) is 4.98 Å². The van der Waals surface area contributed by atoms with Crippen molar-refractivity contribution >= 4 is 0 Å². The van der Waals surface area contributed by atoms with Crippen molar-refractivity contribution in [3.8, 4) is 0 Å². The lowest BCUT2D eigenvalue weighted by atomic mass is 10.1. The highest BCUT2D eigenvalue weighted by atomic mass is 16.5. The Morgan fingerprint density at radius 3 is 3.00 bits per heavy atom. The summed E-state index contributed by atoms with van der Waals surface area (Å²) in [6.07, 6.45) is 5.57. The lowest BCUT2D eigenvalue weighted by Gasteiger charge is -2.40. The summed E-state index contributed by atoms with van der Waals surface area (Å²) in [5.41, 5.74) is 1.08. The Balaban J connectivity index is 2.27. The van der Waals surface area contributed by atoms with Crippen LogP contribution in [-0.2, 0) is 0 Å². The van der Waals surface area contributed by atoms with Gasteiger partial charge in [0.25, 0.3) is 0 Å². The molecule has 3 nitrogen and oxygen atoms in total. The minimum atomic E-state index is -0.133. The van der Waals surface area contributed by atoms with Crippen LogP contribution in [0.15, 0.2) is 24.5 Å². The van der Waals surface area contributed by atoms with Crippen molar-refractivity contribution in [1.82, 2.24) is 4.98 Å². The zero-order valence-electron chi connectivity index (χ0n) is 7.81. The largest absolute Gasteiger partial charge is 0.633 e. The highest BCUT2D eigenvalue weighted by molar-refractivity contribution is 5.12. The van der Waals surface area contributed by atoms with Gasteiger partial charge in [-0.25, -0.2) is 0 Å². The first-order chi connectivity index (χ1) is 6.20. The van der Waals surface area contributed by atoms with Crippen molar-refractivity contribution in [2.45, 2.75) is 18.9 Å². The molecule has 3 heteroatoms. The number of hydrogen-bond acceptors (Lipinski definition) is 2. The molecular formula is C10H14N2O. The number of pyridine rings is 1. The van der Waals surface area contributed by atoms with Gasteiger partial charge in [-0.05, 0) is 6.07 Å². The first-order valence-corrected chi connectivity index (χ1v) is 4.66. The smallest absolute Gasteiger partial charge is 0.116 e. The molecule has 70 valence electrons. The van der Waals surface area contributed by atoms with Crippen LogP contribution in [-0.4, -0.2) is 23.2 Å². The molecule has 0 bridgehead atoms. The fraction of sp³-hybridized carbons (Fsp3) is 0.500. The van der Waals surface area contributed by atoms with Gasteiger partial charge in [-0.3, -0.25) is 4.98 Å². The van der Waals surface area contributed by atoms with E-state index in [1.165, 1.54) is 0 Å². The van der Waals surface area contributed by atoms with Gasteiger partial charge >= 0.3 is 0 Å². The second kappa shape index (κ2) is 3.09. The standard InChI is InChI=1S/C10H14N2O/c1-12(13)7-3-5-10(12)9-4-2-6-11-8-9/h2,4,6,8,10H,3,5,7H2,1H3/t10-,12?/m0/s1. The van der Waals surface area contributed by atoms with E-state index in [0.29, 0.717) is 0 Å². The SMILES string of the molecule is C[N+]1([O-])CCC[C@H]1c1cccnc1. The molecule has 1 saturated heterocycles. The Kier molecular flexibility index (Phi) is 2.06. The number of likely N-dealkylation sites (tertiary alicyclic amines) is 1. The number of nitrogens with zero attached hydrogens (tertiary/aromatic N) is 2. The molecule has 1 aromatic rings. The normalized spacial score (nSPS) is 33.5. The van der Waals surface area contributed by atoms with E-state index in [0.717, 1.165) is 24.9 Å². The molecule has 1 aliphatic rings. The molecule has 2 rings (SSSR count). The van der Waals surface area contributed by atoms with Gasteiger partial charge in [0.05, 0.1) is 13.6 Å². The van der Waals surface area contributed by atoms with Crippen molar-refractivity contribution in [3.05, 3.63) is 35.3 Å². The average Bonchev–Trinajstić information content (AvgIpc) is 2.47. The van der Waals surface area contributed by atoms with Crippen LogP contribution < -0.4 is 0 Å². The van der Waals surface area contributed by atoms with Gasteiger partial charge in [-0.1, -0.05) is 6.07 Å². The van der Waals surface area contributed by atoms with Gasteiger partial charge in [0.1, 0.15) is 6.04 Å². The molecule has 0 spiro atoms. The van der Waals surface area contributed by atoms with Crippen LogP contribution in [0.5, 0.6) is 0 Å². The first-order valence-electron chi connectivity index (χ1n) is 4.66. The molecule has 0 amide bonds. The fourth-order valence-electron chi connectivity index (χ4n) is 2.08. The maximum Gasteiger partial charge on any atom is 0.116 e. The van der Waals surface area contributed by atoms with Crippen molar-refractivity contribution in [2.75, 3.05) is 13.6 Å². The maximum absolute atomic E-state index is 11.9. The molecule has 13 heavy (non-hydrogen) atoms. The molecule has 0 aromatic carbocycles. The molecule has 0 aliphatic carbocycles. The van der Waals surface area contributed by atoms with E-state index in [9.17, 15) is 5.21 Å². The fourth-order valence-corrected chi connectivity index (χ4v) is 2.08. The minimum absolute atomic E-state index is 0.105. The third kappa shape index (κ3) is 1.57. The number of quaternary nitrogens is 1. The van der Waals surface area contributed by atoms with Gasteiger partial charge in [-0.15, -0.1) is 0 Å². The van der Waals surface area contributed by atoms with Crippen molar-refractivity contribution in [3.63, 3.8) is 0 Å². The highest BCUT2D eigenvalue weighted by Gasteiger charge is 2.32. The Labute approximate surface area is 78.2 Å². The zero-order valence-corrected chi connectivity index (χ0v) is 7.81. The van der Waals surface area contributed by atoms with Crippen LogP contribution in [0.2, 0.25) is 0 Å². The predicted octanol–water partition coefficient (Wildman–Crippen LogP) is 1.86. The number of hydroxylamine groups is 3. The topological polar surface area (TPSA) is 36.0 Å². The maximum atomic E-state index is 11.9. The number of hydrogen-bond donors (Lipinski definition) is 0. The van der Waals surface area contributed by atoms with Crippen LogP contribution in [0.4, 0.5) is 0 Å². The second-order valence-corrected chi connectivity index (χ2v) is 3.84. The Morgan fingerprint density at radius 2 is 2.46 bits per heavy atom. The van der Waals surface area contributed by atoms with Crippen LogP contribution in [0.25, 0.3) is 0 Å². The zero-order chi connectivity index (χ0) is 9.31. The molecule has 0 radical (unpaired) electrons. The predicted molar refractivity (Wildman–Crippen MR) is 50.6 cm³/mol. The summed E-state index contributed by atoms with van der Waals surface area (Å²) in [5, 5.41) is 11.9. The van der Waals surface area contributed by atoms with Crippen molar-refractivity contribution in [1.29, 1.82) is 0 Å². The first kappa shape index (κ1) is 8.66. The van der Waals surface area contributed by atoms with Gasteiger partial charge in [-0.2, -0.15) is 0 Å². The van der Waals surface area contributed by atoms with E-state index in [1.54, 1.807) is 13.2 Å². The molecule has 0 N–H and O–H groups in total. The van der Waals surface area contributed by atoms with Gasteiger partial charge < -0.3 is 9.85 Å². The lowest BCUT2D eigenvalue weighted by Crippen LogP contribution is -2.36. The summed E-state index contributed by atoms with van der Waals surface area (Å²) in [5.74, 6) is 0. The third-order valence-corrected chi connectivity index (χ3v) is 2.81. The van der Waals surface area contributed by atoms with Crippen molar-refractivity contribution in [2.24, 2.45) is 0 Å². The lowest BCUT2D eigenvalue weighted by molar-refractivity contribution is -0.878. The van der Waals surface area contributed by atoms with E-state index in [-0.39, 0.29) is 10.7 Å². The summed E-state index contributed by atoms with van der Waals surface area (Å²) >= 11 is 0. The number of aromatic nitrogens is 1. The number of rotatable bonds is 1. The Morgan fingerprint density at radius 1 is 1.62 bits per heavy atom. The van der Waals surface area contributed by atoms with E-state index in [1.807, 2.05) is 18.3 Å². The quantitative estimate of drug-likeness (QED) is 0.486. The molecular weight excluding hydrogens is 164 g/mol. The van der Waals surface area contributed by atoms with Gasteiger partial charge in [0, 0.05) is 30.8 Å². The Bertz CT molecular complexity index is 284. The van der Waals surface area contributed by atoms with E-state index < -0.39 is 0 Å². The summed E-state index contributed by atoms with van der Waals surface area (Å²) in [6.45, 7) is 0.736. The molecule has 1 unspecified atom stereocenters. The molecule has 1 aliphatic heterocycles. The van der Waals surface area contributed by atoms with E-state index >= 15 is 0 Å². The molecule has 1 aromatic heterocycles.